The molecular weight excluding hydrogens is 370 g/mol. The lowest BCUT2D eigenvalue weighted by atomic mass is 10.0. The van der Waals surface area contributed by atoms with Crippen LogP contribution in [-0.4, -0.2) is 56.1 Å². The normalized spacial score (nSPS) is 21.9. The Balaban J connectivity index is 1.28. The molecule has 1 saturated heterocycles. The van der Waals surface area contributed by atoms with E-state index in [1.54, 1.807) is 0 Å². The average Bonchev–Trinajstić information content (AvgIpc) is 3.32. The summed E-state index contributed by atoms with van der Waals surface area (Å²) < 4.78 is 0. The number of hydrogen-bond donors (Lipinski definition) is 3. The summed E-state index contributed by atoms with van der Waals surface area (Å²) >= 11 is 0. The number of H-pyrrole nitrogens is 1. The second-order valence-electron chi connectivity index (χ2n) is 7.67. The van der Waals surface area contributed by atoms with E-state index in [0.29, 0.717) is 18.8 Å². The Morgan fingerprint density at radius 1 is 1.21 bits per heavy atom. The van der Waals surface area contributed by atoms with Gasteiger partial charge in [0.05, 0.1) is 5.92 Å². The summed E-state index contributed by atoms with van der Waals surface area (Å²) in [5.41, 5.74) is 1.22. The lowest BCUT2D eigenvalue weighted by molar-refractivity contribution is -0.122. The Morgan fingerprint density at radius 2 is 2.03 bits per heavy atom. The van der Waals surface area contributed by atoms with Gasteiger partial charge in [-0.15, -0.1) is 5.10 Å². The van der Waals surface area contributed by atoms with Gasteiger partial charge in [0.25, 0.3) is 5.91 Å². The standard InChI is InChI=1S/C20H23N7O2/c28-19-15(17-23-18(25-24-17)20(29)21-14-6-7-14)8-11-27-16(22-19)9-10-26(27)12-13-4-2-1-3-5-13/h1-5,9,14-15H,6-8,10-12H2,(H,21,29)(H,22,28)(H,23,24,25)/t15-/m0/s1. The van der Waals surface area contributed by atoms with Crippen LogP contribution >= 0.6 is 0 Å². The van der Waals surface area contributed by atoms with E-state index in [0.717, 1.165) is 31.8 Å². The number of hydrogen-bond acceptors (Lipinski definition) is 6. The minimum atomic E-state index is -0.477. The number of aromatic amines is 1. The Bertz CT molecular complexity index is 951. The molecule has 2 aliphatic heterocycles. The topological polar surface area (TPSA) is 106 Å². The molecule has 5 rings (SSSR count). The summed E-state index contributed by atoms with van der Waals surface area (Å²) in [7, 11) is 0. The van der Waals surface area contributed by atoms with Gasteiger partial charge in [-0.05, 0) is 30.9 Å². The highest BCUT2D eigenvalue weighted by Crippen LogP contribution is 2.27. The summed E-state index contributed by atoms with van der Waals surface area (Å²) in [6, 6.07) is 10.5. The molecule has 2 aromatic rings. The van der Waals surface area contributed by atoms with E-state index in [1.165, 1.54) is 5.56 Å². The zero-order valence-corrected chi connectivity index (χ0v) is 16.0. The SMILES string of the molecule is O=C(NC1CC1)c1n[nH]c([C@@H]2CCN3C(=CCN3Cc3ccccc3)NC2=O)n1. The molecule has 1 aromatic heterocycles. The Kier molecular flexibility index (Phi) is 4.51. The van der Waals surface area contributed by atoms with Gasteiger partial charge in [0.1, 0.15) is 11.6 Å². The van der Waals surface area contributed by atoms with E-state index in [2.05, 4.69) is 48.0 Å². The van der Waals surface area contributed by atoms with E-state index in [-0.39, 0.29) is 23.7 Å². The van der Waals surface area contributed by atoms with Gasteiger partial charge in [-0.1, -0.05) is 30.3 Å². The predicted molar refractivity (Wildman–Crippen MR) is 104 cm³/mol. The van der Waals surface area contributed by atoms with Crippen LogP contribution in [0.5, 0.6) is 0 Å². The van der Waals surface area contributed by atoms with Crippen LogP contribution in [0.3, 0.4) is 0 Å². The maximum Gasteiger partial charge on any atom is 0.291 e. The van der Waals surface area contributed by atoms with E-state index in [4.69, 9.17) is 0 Å². The Morgan fingerprint density at radius 3 is 2.83 bits per heavy atom. The van der Waals surface area contributed by atoms with Crippen LogP contribution in [-0.2, 0) is 11.3 Å². The molecule has 3 heterocycles. The molecule has 0 spiro atoms. The smallest absolute Gasteiger partial charge is 0.291 e. The molecule has 0 bridgehead atoms. The van der Waals surface area contributed by atoms with Crippen molar-refractivity contribution < 1.29 is 9.59 Å². The molecule has 0 radical (unpaired) electrons. The van der Waals surface area contributed by atoms with Gasteiger partial charge in [0.15, 0.2) is 0 Å². The lowest BCUT2D eigenvalue weighted by Crippen LogP contribution is -2.40. The second-order valence-corrected chi connectivity index (χ2v) is 7.67. The van der Waals surface area contributed by atoms with Crippen molar-refractivity contribution in [3.63, 3.8) is 0 Å². The molecule has 1 atom stereocenters. The zero-order valence-electron chi connectivity index (χ0n) is 16.0. The average molecular weight is 393 g/mol. The number of amides is 2. The van der Waals surface area contributed by atoms with Gasteiger partial charge < -0.3 is 10.6 Å². The zero-order chi connectivity index (χ0) is 19.8. The Hall–Kier alpha value is -3.20. The van der Waals surface area contributed by atoms with Crippen molar-refractivity contribution in [2.24, 2.45) is 0 Å². The highest BCUT2D eigenvalue weighted by Gasteiger charge is 2.35. The molecule has 0 unspecified atom stereocenters. The third-order valence-corrected chi connectivity index (χ3v) is 5.47. The van der Waals surface area contributed by atoms with Gasteiger partial charge in [-0.25, -0.2) is 9.99 Å². The van der Waals surface area contributed by atoms with E-state index < -0.39 is 5.92 Å². The summed E-state index contributed by atoms with van der Waals surface area (Å²) in [6.07, 6.45) is 4.60. The molecule has 2 fully saturated rings. The Labute approximate surface area is 168 Å². The van der Waals surface area contributed by atoms with Gasteiger partial charge in [-0.3, -0.25) is 19.7 Å². The third-order valence-electron chi connectivity index (χ3n) is 5.47. The van der Waals surface area contributed by atoms with Crippen molar-refractivity contribution in [2.45, 2.75) is 37.8 Å². The minimum Gasteiger partial charge on any atom is -0.347 e. The van der Waals surface area contributed by atoms with Crippen molar-refractivity contribution in [3.8, 4) is 0 Å². The maximum atomic E-state index is 12.8. The number of rotatable bonds is 5. The largest absolute Gasteiger partial charge is 0.347 e. The number of nitrogens with zero attached hydrogens (tertiary/aromatic N) is 4. The van der Waals surface area contributed by atoms with Crippen LogP contribution < -0.4 is 10.6 Å². The first kappa shape index (κ1) is 17.9. The summed E-state index contributed by atoms with van der Waals surface area (Å²) in [5.74, 6) is 0.427. The first-order chi connectivity index (χ1) is 14.2. The number of fused-ring (bicyclic) bond motifs is 1. The van der Waals surface area contributed by atoms with E-state index in [9.17, 15) is 9.59 Å². The molecule has 1 aliphatic carbocycles. The number of aromatic nitrogens is 3. The fraction of sp³-hybridized carbons (Fsp3) is 0.400. The van der Waals surface area contributed by atoms with Crippen molar-refractivity contribution in [2.75, 3.05) is 13.1 Å². The van der Waals surface area contributed by atoms with Gasteiger partial charge in [-0.2, -0.15) is 0 Å². The summed E-state index contributed by atoms with van der Waals surface area (Å²) in [6.45, 7) is 2.20. The van der Waals surface area contributed by atoms with Crippen LogP contribution in [0.15, 0.2) is 42.2 Å². The first-order valence-corrected chi connectivity index (χ1v) is 9.98. The molecule has 9 nitrogen and oxygen atoms in total. The summed E-state index contributed by atoms with van der Waals surface area (Å²) in [4.78, 5) is 29.2. The maximum absolute atomic E-state index is 12.8. The fourth-order valence-electron chi connectivity index (χ4n) is 3.74. The second kappa shape index (κ2) is 7.32. The third kappa shape index (κ3) is 3.73. The number of carbonyl (C=O) groups excluding carboxylic acids is 2. The molecule has 2 amide bonds. The van der Waals surface area contributed by atoms with E-state index >= 15 is 0 Å². The van der Waals surface area contributed by atoms with Gasteiger partial charge in [0, 0.05) is 25.7 Å². The fourth-order valence-corrected chi connectivity index (χ4v) is 3.74. The molecule has 3 N–H and O–H groups in total. The van der Waals surface area contributed by atoms with Crippen molar-refractivity contribution in [1.29, 1.82) is 0 Å². The molecule has 3 aliphatic rings. The molecule has 1 aromatic carbocycles. The van der Waals surface area contributed by atoms with Gasteiger partial charge in [0.2, 0.25) is 11.7 Å². The number of hydrazine groups is 1. The monoisotopic (exact) mass is 393 g/mol. The highest BCUT2D eigenvalue weighted by molar-refractivity contribution is 5.91. The number of nitrogens with one attached hydrogen (secondary N) is 3. The molecule has 150 valence electrons. The molecule has 29 heavy (non-hydrogen) atoms. The van der Waals surface area contributed by atoms with Crippen molar-refractivity contribution >= 4 is 11.8 Å². The van der Waals surface area contributed by atoms with Crippen LogP contribution in [0.25, 0.3) is 0 Å². The van der Waals surface area contributed by atoms with E-state index in [1.807, 2.05) is 24.3 Å². The first-order valence-electron chi connectivity index (χ1n) is 9.98. The quantitative estimate of drug-likeness (QED) is 0.696. The summed E-state index contributed by atoms with van der Waals surface area (Å²) in [5, 5.41) is 17.0. The highest BCUT2D eigenvalue weighted by atomic mass is 16.2. The number of benzene rings is 1. The minimum absolute atomic E-state index is 0.0920. The van der Waals surface area contributed by atoms with Gasteiger partial charge >= 0.3 is 0 Å². The lowest BCUT2D eigenvalue weighted by Gasteiger charge is -2.31. The number of carbonyl (C=O) groups is 2. The van der Waals surface area contributed by atoms with Crippen LogP contribution in [0, 0.1) is 0 Å². The van der Waals surface area contributed by atoms with Crippen molar-refractivity contribution in [1.82, 2.24) is 35.8 Å². The van der Waals surface area contributed by atoms with Crippen LogP contribution in [0.2, 0.25) is 0 Å². The molecular formula is C20H23N7O2. The molecule has 9 heteroatoms. The van der Waals surface area contributed by atoms with Crippen LogP contribution in [0.1, 0.15) is 47.2 Å². The predicted octanol–water partition coefficient (Wildman–Crippen LogP) is 0.875. The van der Waals surface area contributed by atoms with Crippen LogP contribution in [0.4, 0.5) is 0 Å². The van der Waals surface area contributed by atoms with Crippen molar-refractivity contribution in [3.05, 3.63) is 59.4 Å². The molecule has 1 saturated carbocycles.